The Kier molecular flexibility index (Phi) is 7.60. The highest BCUT2D eigenvalue weighted by molar-refractivity contribution is 7.80. The molecule has 5 nitrogen and oxygen atoms in total. The Bertz CT molecular complexity index is 589. The first-order valence-electron chi connectivity index (χ1n) is 7.99. The standard InChI is InChI=1S/C16H21F3N4OS/c17-16(18,19)14-4-1-3-13(11-14)12-21-22-15(25)20-5-2-6-23-7-9-24-10-8-23/h1,3-4,11-12H,2,5-10H2,(H2,20,22,25)/b21-12-. The molecular weight excluding hydrogens is 353 g/mol. The van der Waals surface area contributed by atoms with E-state index in [4.69, 9.17) is 17.0 Å². The summed E-state index contributed by atoms with van der Waals surface area (Å²) in [6.07, 6.45) is -2.13. The highest BCUT2D eigenvalue weighted by atomic mass is 32.1. The molecule has 0 unspecified atom stereocenters. The van der Waals surface area contributed by atoms with Crippen molar-refractivity contribution in [3.05, 3.63) is 35.4 Å². The smallest absolute Gasteiger partial charge is 0.379 e. The van der Waals surface area contributed by atoms with Gasteiger partial charge in [-0.25, -0.2) is 0 Å². The number of halogens is 3. The third-order valence-electron chi connectivity index (χ3n) is 3.63. The van der Waals surface area contributed by atoms with Crippen LogP contribution in [0.1, 0.15) is 17.5 Å². The topological polar surface area (TPSA) is 48.9 Å². The van der Waals surface area contributed by atoms with Crippen LogP contribution in [0.15, 0.2) is 29.4 Å². The zero-order chi connectivity index (χ0) is 18.1. The Morgan fingerprint density at radius 1 is 1.32 bits per heavy atom. The number of thiocarbonyl (C=S) groups is 1. The predicted octanol–water partition coefficient (Wildman–Crippen LogP) is 2.23. The van der Waals surface area contributed by atoms with Gasteiger partial charge in [0.1, 0.15) is 0 Å². The summed E-state index contributed by atoms with van der Waals surface area (Å²) in [5.41, 5.74) is 2.24. The molecule has 2 rings (SSSR count). The van der Waals surface area contributed by atoms with Crippen LogP contribution in [0.3, 0.4) is 0 Å². The molecule has 0 aromatic heterocycles. The van der Waals surface area contributed by atoms with E-state index in [0.29, 0.717) is 17.2 Å². The number of nitrogens with one attached hydrogen (secondary N) is 2. The molecule has 138 valence electrons. The third kappa shape index (κ3) is 7.37. The van der Waals surface area contributed by atoms with Crippen molar-refractivity contribution in [2.75, 3.05) is 39.4 Å². The summed E-state index contributed by atoms with van der Waals surface area (Å²) in [4.78, 5) is 2.33. The number of nitrogens with zero attached hydrogens (tertiary/aromatic N) is 2. The maximum atomic E-state index is 12.6. The Labute approximate surface area is 150 Å². The monoisotopic (exact) mass is 374 g/mol. The number of hydrogen-bond acceptors (Lipinski definition) is 4. The average Bonchev–Trinajstić information content (AvgIpc) is 2.59. The summed E-state index contributed by atoms with van der Waals surface area (Å²) >= 11 is 5.07. The Morgan fingerprint density at radius 2 is 2.08 bits per heavy atom. The zero-order valence-electron chi connectivity index (χ0n) is 13.7. The van der Waals surface area contributed by atoms with Gasteiger partial charge in [-0.2, -0.15) is 18.3 Å². The molecule has 1 heterocycles. The van der Waals surface area contributed by atoms with Crippen LogP contribution in [0.25, 0.3) is 0 Å². The second-order valence-corrected chi connectivity index (χ2v) is 5.96. The molecule has 0 spiro atoms. The number of morpholine rings is 1. The first kappa shape index (κ1) is 19.6. The first-order valence-corrected chi connectivity index (χ1v) is 8.40. The molecule has 1 saturated heterocycles. The molecule has 0 saturated carbocycles. The molecular formula is C16H21F3N4OS. The van der Waals surface area contributed by atoms with Gasteiger partial charge >= 0.3 is 6.18 Å². The normalized spacial score (nSPS) is 16.1. The van der Waals surface area contributed by atoms with E-state index in [-0.39, 0.29) is 0 Å². The SMILES string of the molecule is FC(F)(F)c1cccc(/C=N\NC(=S)NCCCN2CCOCC2)c1. The van der Waals surface area contributed by atoms with Gasteiger partial charge in [-0.15, -0.1) is 0 Å². The van der Waals surface area contributed by atoms with Gasteiger partial charge in [-0.3, -0.25) is 10.3 Å². The van der Waals surface area contributed by atoms with Crippen molar-refractivity contribution in [3.63, 3.8) is 0 Å². The van der Waals surface area contributed by atoms with Gasteiger partial charge in [0.15, 0.2) is 5.11 Å². The van der Waals surface area contributed by atoms with E-state index in [9.17, 15) is 13.2 Å². The average molecular weight is 374 g/mol. The molecule has 0 radical (unpaired) electrons. The largest absolute Gasteiger partial charge is 0.416 e. The lowest BCUT2D eigenvalue weighted by molar-refractivity contribution is -0.137. The van der Waals surface area contributed by atoms with Crippen LogP contribution in [0.4, 0.5) is 13.2 Å². The first-order chi connectivity index (χ1) is 11.9. The van der Waals surface area contributed by atoms with E-state index in [1.807, 2.05) is 0 Å². The van der Waals surface area contributed by atoms with Gasteiger partial charge in [0.2, 0.25) is 0 Å². The molecule has 9 heteroatoms. The summed E-state index contributed by atoms with van der Waals surface area (Å²) in [7, 11) is 0. The number of hydrazone groups is 1. The predicted molar refractivity (Wildman–Crippen MR) is 94.7 cm³/mol. The van der Waals surface area contributed by atoms with Crippen molar-refractivity contribution in [3.8, 4) is 0 Å². The van der Waals surface area contributed by atoms with Crippen LogP contribution in [0, 0.1) is 0 Å². The van der Waals surface area contributed by atoms with Crippen LogP contribution < -0.4 is 10.7 Å². The van der Waals surface area contributed by atoms with Crippen LogP contribution in [0.5, 0.6) is 0 Å². The maximum absolute atomic E-state index is 12.6. The van der Waals surface area contributed by atoms with Crippen LogP contribution in [-0.4, -0.2) is 55.6 Å². The van der Waals surface area contributed by atoms with E-state index >= 15 is 0 Å². The minimum Gasteiger partial charge on any atom is -0.379 e. The molecule has 1 aliphatic heterocycles. The number of ether oxygens (including phenoxy) is 1. The molecule has 0 bridgehead atoms. The number of rotatable bonds is 6. The fraction of sp³-hybridized carbons (Fsp3) is 0.500. The molecule has 1 aromatic rings. The molecule has 0 aliphatic carbocycles. The highest BCUT2D eigenvalue weighted by Crippen LogP contribution is 2.29. The van der Waals surface area contributed by atoms with Crippen molar-refractivity contribution in [2.45, 2.75) is 12.6 Å². The van der Waals surface area contributed by atoms with Gasteiger partial charge in [-0.1, -0.05) is 12.1 Å². The molecule has 0 amide bonds. The Morgan fingerprint density at radius 3 is 2.80 bits per heavy atom. The minimum atomic E-state index is -4.37. The Hall–Kier alpha value is -1.71. The zero-order valence-corrected chi connectivity index (χ0v) is 14.5. The number of alkyl halides is 3. The summed E-state index contributed by atoms with van der Waals surface area (Å²) in [6.45, 7) is 5.11. The molecule has 2 N–H and O–H groups in total. The quantitative estimate of drug-likeness (QED) is 0.346. The van der Waals surface area contributed by atoms with Crippen LogP contribution in [0.2, 0.25) is 0 Å². The van der Waals surface area contributed by atoms with Crippen molar-refractivity contribution in [2.24, 2.45) is 5.10 Å². The van der Waals surface area contributed by atoms with E-state index < -0.39 is 11.7 Å². The number of benzene rings is 1. The van der Waals surface area contributed by atoms with Crippen molar-refractivity contribution < 1.29 is 17.9 Å². The van der Waals surface area contributed by atoms with E-state index in [1.54, 1.807) is 6.07 Å². The lowest BCUT2D eigenvalue weighted by Crippen LogP contribution is -2.39. The van der Waals surface area contributed by atoms with E-state index in [1.165, 1.54) is 12.3 Å². The van der Waals surface area contributed by atoms with Crippen LogP contribution in [-0.2, 0) is 10.9 Å². The summed E-state index contributed by atoms with van der Waals surface area (Å²) in [5, 5.41) is 7.21. The fourth-order valence-corrected chi connectivity index (χ4v) is 2.48. The maximum Gasteiger partial charge on any atom is 0.416 e. The van der Waals surface area contributed by atoms with Crippen LogP contribution >= 0.6 is 12.2 Å². The Balaban J connectivity index is 1.66. The summed E-state index contributed by atoms with van der Waals surface area (Å²) in [5.74, 6) is 0. The fourth-order valence-electron chi connectivity index (χ4n) is 2.33. The highest BCUT2D eigenvalue weighted by Gasteiger charge is 2.30. The second kappa shape index (κ2) is 9.69. The van der Waals surface area contributed by atoms with Crippen molar-refractivity contribution in [1.82, 2.24) is 15.6 Å². The van der Waals surface area contributed by atoms with Crippen molar-refractivity contribution in [1.29, 1.82) is 0 Å². The molecule has 1 fully saturated rings. The van der Waals surface area contributed by atoms with Gasteiger partial charge in [0.25, 0.3) is 0 Å². The van der Waals surface area contributed by atoms with Gasteiger partial charge < -0.3 is 10.1 Å². The van der Waals surface area contributed by atoms with Gasteiger partial charge in [-0.05, 0) is 42.9 Å². The lowest BCUT2D eigenvalue weighted by Gasteiger charge is -2.26. The summed E-state index contributed by atoms with van der Waals surface area (Å²) in [6, 6.07) is 4.93. The van der Waals surface area contributed by atoms with E-state index in [0.717, 1.165) is 51.4 Å². The summed E-state index contributed by atoms with van der Waals surface area (Å²) < 4.78 is 43.2. The number of hydrogen-bond donors (Lipinski definition) is 2. The third-order valence-corrected chi connectivity index (χ3v) is 3.87. The molecule has 1 aliphatic rings. The van der Waals surface area contributed by atoms with E-state index in [2.05, 4.69) is 20.7 Å². The minimum absolute atomic E-state index is 0.338. The molecule has 1 aromatic carbocycles. The second-order valence-electron chi connectivity index (χ2n) is 5.56. The molecule has 0 atom stereocenters. The van der Waals surface area contributed by atoms with Crippen molar-refractivity contribution >= 4 is 23.5 Å². The van der Waals surface area contributed by atoms with Gasteiger partial charge in [0, 0.05) is 19.6 Å². The van der Waals surface area contributed by atoms with Gasteiger partial charge in [0.05, 0.1) is 25.0 Å². The molecule has 25 heavy (non-hydrogen) atoms. The lowest BCUT2D eigenvalue weighted by atomic mass is 10.1.